The molecule has 4 heterocycles. The monoisotopic (exact) mass is 389 g/mol. The fraction of sp³-hybridized carbons (Fsp3) is 0.526. The van der Waals surface area contributed by atoms with E-state index in [1.165, 1.54) is 11.3 Å². The molecule has 0 bridgehead atoms. The zero-order valence-corrected chi connectivity index (χ0v) is 15.8. The van der Waals surface area contributed by atoms with Gasteiger partial charge in [-0.15, -0.1) is 11.3 Å². The molecule has 0 spiro atoms. The van der Waals surface area contributed by atoms with Crippen LogP contribution in [-0.4, -0.2) is 41.3 Å². The number of carbonyl (C=O) groups excluding carboxylic acids is 2. The minimum atomic E-state index is -0.332. The van der Waals surface area contributed by atoms with Gasteiger partial charge in [-0.05, 0) is 44.4 Å². The van der Waals surface area contributed by atoms with Gasteiger partial charge in [0.25, 0.3) is 0 Å². The van der Waals surface area contributed by atoms with Crippen LogP contribution in [0.15, 0.2) is 29.0 Å². The van der Waals surface area contributed by atoms with Crippen molar-refractivity contribution in [1.29, 1.82) is 0 Å². The van der Waals surface area contributed by atoms with Crippen LogP contribution < -0.4 is 5.73 Å². The Hall–Kier alpha value is -2.03. The Labute approximate surface area is 161 Å². The lowest BCUT2D eigenvalue weighted by atomic mass is 9.90. The van der Waals surface area contributed by atoms with Crippen LogP contribution in [-0.2, 0) is 9.53 Å². The number of hydrogen-bond donors (Lipinski definition) is 1. The molecule has 0 aromatic carbocycles. The van der Waals surface area contributed by atoms with Crippen molar-refractivity contribution >= 4 is 23.0 Å². The molecule has 1 amide bonds. The summed E-state index contributed by atoms with van der Waals surface area (Å²) < 4.78 is 11.2. The molecule has 4 rings (SSSR count). The average molecular weight is 389 g/mol. The molecule has 0 saturated carbocycles. The number of primary amides is 1. The summed E-state index contributed by atoms with van der Waals surface area (Å²) in [6, 6.07) is 3.80. The smallest absolute Gasteiger partial charge is 0.231 e. The Morgan fingerprint density at radius 1 is 1.37 bits per heavy atom. The Bertz CT molecular complexity index is 804. The zero-order valence-electron chi connectivity index (χ0n) is 15.0. The summed E-state index contributed by atoms with van der Waals surface area (Å²) in [5, 5.41) is 0.895. The number of Topliss-reactive ketones (excluding diaryl/α,β-unsaturated/α-hetero) is 1. The second kappa shape index (κ2) is 7.92. The molecule has 8 heteroatoms. The summed E-state index contributed by atoms with van der Waals surface area (Å²) in [5.74, 6) is 0.469. The summed E-state index contributed by atoms with van der Waals surface area (Å²) >= 11 is 1.44. The van der Waals surface area contributed by atoms with E-state index in [0.717, 1.165) is 30.2 Å². The van der Waals surface area contributed by atoms with E-state index < -0.39 is 0 Å². The van der Waals surface area contributed by atoms with Crippen molar-refractivity contribution in [3.05, 3.63) is 40.2 Å². The van der Waals surface area contributed by atoms with E-state index in [4.69, 9.17) is 14.9 Å². The van der Waals surface area contributed by atoms with Crippen molar-refractivity contribution in [2.45, 2.75) is 37.8 Å². The van der Waals surface area contributed by atoms with Crippen LogP contribution in [0.3, 0.4) is 0 Å². The summed E-state index contributed by atoms with van der Waals surface area (Å²) in [6.07, 6.45) is 6.41. The molecule has 2 fully saturated rings. The van der Waals surface area contributed by atoms with Gasteiger partial charge in [0, 0.05) is 18.7 Å². The predicted molar refractivity (Wildman–Crippen MR) is 99.3 cm³/mol. The highest BCUT2D eigenvalue weighted by molar-refractivity contribution is 7.13. The van der Waals surface area contributed by atoms with Gasteiger partial charge in [-0.3, -0.25) is 14.5 Å². The highest BCUT2D eigenvalue weighted by atomic mass is 32.1. The van der Waals surface area contributed by atoms with Gasteiger partial charge < -0.3 is 14.9 Å². The van der Waals surface area contributed by atoms with Gasteiger partial charge in [0.05, 0.1) is 23.7 Å². The van der Waals surface area contributed by atoms with Crippen LogP contribution in [0.4, 0.5) is 0 Å². The molecule has 2 aromatic heterocycles. The van der Waals surface area contributed by atoms with Gasteiger partial charge in [0.1, 0.15) is 16.9 Å². The lowest BCUT2D eigenvalue weighted by Gasteiger charge is -2.27. The highest BCUT2D eigenvalue weighted by Crippen LogP contribution is 2.37. The topological polar surface area (TPSA) is 98.7 Å². The van der Waals surface area contributed by atoms with E-state index in [1.807, 2.05) is 12.1 Å². The Kier molecular flexibility index (Phi) is 5.38. The number of aromatic nitrogens is 1. The first-order chi connectivity index (χ1) is 13.1. The standard InChI is InChI=1S/C19H23N3O4S/c20-17(23)11-22-6-1-3-13(22)19-21-10-16(27-19)18(24)12-5-8-26-15(9-12)14-4-2-7-25-14/h2,4,7,10,12-13,15H,1,3,5-6,8-9,11H2,(H2,20,23). The van der Waals surface area contributed by atoms with Gasteiger partial charge in [-0.25, -0.2) is 4.98 Å². The minimum Gasteiger partial charge on any atom is -0.467 e. The maximum absolute atomic E-state index is 13.0. The van der Waals surface area contributed by atoms with Crippen molar-refractivity contribution < 1.29 is 18.7 Å². The molecule has 27 heavy (non-hydrogen) atoms. The first kappa shape index (κ1) is 18.3. The summed E-state index contributed by atoms with van der Waals surface area (Å²) in [5.41, 5.74) is 5.35. The molecule has 144 valence electrons. The number of nitrogens with two attached hydrogens (primary N) is 1. The van der Waals surface area contributed by atoms with E-state index >= 15 is 0 Å². The van der Waals surface area contributed by atoms with Gasteiger partial charge >= 0.3 is 0 Å². The molecule has 2 aliphatic heterocycles. The third-order valence-corrected chi connectivity index (χ3v) is 6.40. The van der Waals surface area contributed by atoms with Crippen LogP contribution in [0, 0.1) is 5.92 Å². The fourth-order valence-corrected chi connectivity index (χ4v) is 5.07. The third-order valence-electron chi connectivity index (χ3n) is 5.29. The van der Waals surface area contributed by atoms with E-state index in [9.17, 15) is 9.59 Å². The zero-order chi connectivity index (χ0) is 18.8. The number of ether oxygens (including phenoxy) is 1. The van der Waals surface area contributed by atoms with E-state index in [0.29, 0.717) is 24.3 Å². The predicted octanol–water partition coefficient (Wildman–Crippen LogP) is 2.71. The maximum Gasteiger partial charge on any atom is 0.231 e. The first-order valence-corrected chi connectivity index (χ1v) is 10.1. The van der Waals surface area contributed by atoms with E-state index in [2.05, 4.69) is 9.88 Å². The number of thiazole rings is 1. The maximum atomic E-state index is 13.0. The first-order valence-electron chi connectivity index (χ1n) is 9.29. The lowest BCUT2D eigenvalue weighted by molar-refractivity contribution is -0.119. The van der Waals surface area contributed by atoms with Crippen LogP contribution in [0.5, 0.6) is 0 Å². The van der Waals surface area contributed by atoms with Crippen LogP contribution in [0.1, 0.15) is 58.3 Å². The highest BCUT2D eigenvalue weighted by Gasteiger charge is 2.33. The number of nitrogens with zero attached hydrogens (tertiary/aromatic N) is 2. The number of likely N-dealkylation sites (tertiary alicyclic amines) is 1. The number of ketones is 1. The SMILES string of the molecule is NC(=O)CN1CCCC1c1ncc(C(=O)C2CCOC(c3ccco3)C2)s1. The average Bonchev–Trinajstić information content (AvgIpc) is 3.41. The summed E-state index contributed by atoms with van der Waals surface area (Å²) in [6.45, 7) is 1.61. The molecule has 2 aliphatic rings. The van der Waals surface area contributed by atoms with Gasteiger partial charge in [0.15, 0.2) is 5.78 Å². The van der Waals surface area contributed by atoms with E-state index in [-0.39, 0.29) is 36.3 Å². The molecule has 3 unspecified atom stereocenters. The normalized spacial score (nSPS) is 26.3. The summed E-state index contributed by atoms with van der Waals surface area (Å²) in [4.78, 5) is 31.5. The molecule has 0 aliphatic carbocycles. The number of hydrogen-bond acceptors (Lipinski definition) is 7. The number of furan rings is 1. The minimum absolute atomic E-state index is 0.0783. The van der Waals surface area contributed by atoms with Crippen molar-refractivity contribution in [3.63, 3.8) is 0 Å². The van der Waals surface area contributed by atoms with Crippen molar-refractivity contribution in [3.8, 4) is 0 Å². The van der Waals surface area contributed by atoms with Crippen molar-refractivity contribution in [2.24, 2.45) is 11.7 Å². The molecular weight excluding hydrogens is 366 g/mol. The van der Waals surface area contributed by atoms with Crippen molar-refractivity contribution in [2.75, 3.05) is 19.7 Å². The Morgan fingerprint density at radius 2 is 2.26 bits per heavy atom. The molecule has 3 atom stereocenters. The van der Waals surface area contributed by atoms with Crippen molar-refractivity contribution in [1.82, 2.24) is 9.88 Å². The van der Waals surface area contributed by atoms with E-state index in [1.54, 1.807) is 12.5 Å². The second-order valence-electron chi connectivity index (χ2n) is 7.12. The quantitative estimate of drug-likeness (QED) is 0.763. The fourth-order valence-electron chi connectivity index (χ4n) is 3.96. The largest absolute Gasteiger partial charge is 0.467 e. The molecule has 2 aromatic rings. The Morgan fingerprint density at radius 3 is 3.04 bits per heavy atom. The number of amides is 1. The lowest BCUT2D eigenvalue weighted by Crippen LogP contribution is -2.33. The molecule has 7 nitrogen and oxygen atoms in total. The van der Waals surface area contributed by atoms with Crippen LogP contribution in [0.25, 0.3) is 0 Å². The van der Waals surface area contributed by atoms with Gasteiger partial charge in [-0.2, -0.15) is 0 Å². The molecule has 2 saturated heterocycles. The molecule has 0 radical (unpaired) electrons. The van der Waals surface area contributed by atoms with Gasteiger partial charge in [-0.1, -0.05) is 0 Å². The van der Waals surface area contributed by atoms with Crippen LogP contribution in [0.2, 0.25) is 0 Å². The summed E-state index contributed by atoms with van der Waals surface area (Å²) in [7, 11) is 0. The third kappa shape index (κ3) is 3.97. The van der Waals surface area contributed by atoms with Crippen LogP contribution >= 0.6 is 11.3 Å². The van der Waals surface area contributed by atoms with Gasteiger partial charge in [0.2, 0.25) is 5.91 Å². The number of carbonyl (C=O) groups is 2. The number of rotatable bonds is 6. The molecular formula is C19H23N3O4S. The second-order valence-corrected chi connectivity index (χ2v) is 8.18. The Balaban J connectivity index is 1.44. The molecule has 2 N–H and O–H groups in total.